The number of hydrogen-bond acceptors (Lipinski definition) is 5. The van der Waals surface area contributed by atoms with E-state index in [0.717, 1.165) is 17.0 Å². The standard InChI is InChI=1S/C18H18N4O3/c23-17(12-25-14-5-2-1-3-6-14)20-9-13-10-24-11-16-21-15-7-4-8-19-18(15)22(13)16/h1-8,13H,9-12H2,(H,20,23)/t13-/m0/s1. The smallest absolute Gasteiger partial charge is 0.258 e. The van der Waals surface area contributed by atoms with Crippen molar-refractivity contribution in [1.82, 2.24) is 19.9 Å². The Morgan fingerprint density at radius 1 is 1.28 bits per heavy atom. The Balaban J connectivity index is 1.40. The highest BCUT2D eigenvalue weighted by molar-refractivity contribution is 5.77. The Morgan fingerprint density at radius 3 is 3.04 bits per heavy atom. The van der Waals surface area contributed by atoms with E-state index in [0.29, 0.717) is 25.5 Å². The molecule has 7 heteroatoms. The number of carbonyl (C=O) groups is 1. The normalized spacial score (nSPS) is 16.4. The molecule has 2 aromatic heterocycles. The number of rotatable bonds is 5. The number of hydrogen-bond donors (Lipinski definition) is 1. The molecule has 0 saturated heterocycles. The summed E-state index contributed by atoms with van der Waals surface area (Å²) in [6.07, 6.45) is 1.75. The lowest BCUT2D eigenvalue weighted by Gasteiger charge is -2.25. The van der Waals surface area contributed by atoms with E-state index in [2.05, 4.69) is 19.9 Å². The van der Waals surface area contributed by atoms with E-state index >= 15 is 0 Å². The number of ether oxygens (including phenoxy) is 2. The van der Waals surface area contributed by atoms with E-state index in [4.69, 9.17) is 9.47 Å². The third-order valence-corrected chi connectivity index (χ3v) is 4.08. The first-order chi connectivity index (χ1) is 12.3. The molecule has 0 fully saturated rings. The quantitative estimate of drug-likeness (QED) is 0.766. The zero-order valence-corrected chi connectivity index (χ0v) is 13.6. The Hall–Kier alpha value is -2.93. The zero-order chi connectivity index (χ0) is 17.1. The Labute approximate surface area is 144 Å². The summed E-state index contributed by atoms with van der Waals surface area (Å²) in [5, 5.41) is 2.90. The van der Waals surface area contributed by atoms with Crippen LogP contribution in [0.1, 0.15) is 11.9 Å². The van der Waals surface area contributed by atoms with E-state index in [9.17, 15) is 4.79 Å². The summed E-state index contributed by atoms with van der Waals surface area (Å²) < 4.78 is 13.1. The van der Waals surface area contributed by atoms with Crippen LogP contribution in [-0.4, -0.2) is 40.2 Å². The van der Waals surface area contributed by atoms with Crippen molar-refractivity contribution >= 4 is 17.1 Å². The number of imidazole rings is 1. The molecule has 128 valence electrons. The van der Waals surface area contributed by atoms with Gasteiger partial charge in [-0.05, 0) is 24.3 Å². The van der Waals surface area contributed by atoms with Crippen molar-refractivity contribution in [3.63, 3.8) is 0 Å². The van der Waals surface area contributed by atoms with Crippen LogP contribution in [0.4, 0.5) is 0 Å². The van der Waals surface area contributed by atoms with Crippen LogP contribution in [0.15, 0.2) is 48.7 Å². The van der Waals surface area contributed by atoms with Crippen LogP contribution in [0, 0.1) is 0 Å². The molecule has 1 atom stereocenters. The van der Waals surface area contributed by atoms with Crippen LogP contribution in [0.25, 0.3) is 11.2 Å². The molecule has 1 aliphatic heterocycles. The summed E-state index contributed by atoms with van der Waals surface area (Å²) in [7, 11) is 0. The highest BCUT2D eigenvalue weighted by atomic mass is 16.5. The second-order valence-corrected chi connectivity index (χ2v) is 5.82. The summed E-state index contributed by atoms with van der Waals surface area (Å²) in [5.74, 6) is 1.33. The van der Waals surface area contributed by atoms with Gasteiger partial charge in [-0.15, -0.1) is 0 Å². The molecule has 0 saturated carbocycles. The maximum absolute atomic E-state index is 12.1. The van der Waals surface area contributed by atoms with Gasteiger partial charge < -0.3 is 19.4 Å². The van der Waals surface area contributed by atoms with Gasteiger partial charge in [0.15, 0.2) is 12.3 Å². The number of amides is 1. The minimum atomic E-state index is -0.173. The molecule has 0 spiro atoms. The molecule has 1 amide bonds. The number of nitrogens with zero attached hydrogens (tertiary/aromatic N) is 3. The highest BCUT2D eigenvalue weighted by Crippen LogP contribution is 2.23. The molecular formula is C18H18N4O3. The molecule has 0 unspecified atom stereocenters. The zero-order valence-electron chi connectivity index (χ0n) is 13.6. The average Bonchev–Trinajstić information content (AvgIpc) is 3.04. The maximum Gasteiger partial charge on any atom is 0.258 e. The Bertz CT molecular complexity index is 878. The molecule has 3 aromatic rings. The number of aromatic nitrogens is 3. The van der Waals surface area contributed by atoms with Crippen LogP contribution >= 0.6 is 0 Å². The second-order valence-electron chi connectivity index (χ2n) is 5.82. The van der Waals surface area contributed by atoms with Gasteiger partial charge in [-0.1, -0.05) is 18.2 Å². The molecule has 4 rings (SSSR count). The number of nitrogens with one attached hydrogen (secondary N) is 1. The first kappa shape index (κ1) is 15.6. The lowest BCUT2D eigenvalue weighted by Crippen LogP contribution is -2.37. The number of benzene rings is 1. The van der Waals surface area contributed by atoms with Crippen molar-refractivity contribution in [2.24, 2.45) is 0 Å². The molecule has 0 radical (unpaired) electrons. The number of para-hydroxylation sites is 1. The van der Waals surface area contributed by atoms with E-state index in [1.165, 1.54) is 0 Å². The van der Waals surface area contributed by atoms with Crippen LogP contribution < -0.4 is 10.1 Å². The summed E-state index contributed by atoms with van der Waals surface area (Å²) in [5.41, 5.74) is 1.66. The largest absolute Gasteiger partial charge is 0.484 e. The van der Waals surface area contributed by atoms with Gasteiger partial charge in [-0.2, -0.15) is 0 Å². The summed E-state index contributed by atoms with van der Waals surface area (Å²) >= 11 is 0. The van der Waals surface area contributed by atoms with E-state index < -0.39 is 0 Å². The molecule has 1 N–H and O–H groups in total. The number of fused-ring (bicyclic) bond motifs is 3. The van der Waals surface area contributed by atoms with Crippen molar-refractivity contribution in [3.05, 3.63) is 54.5 Å². The van der Waals surface area contributed by atoms with Gasteiger partial charge in [-0.25, -0.2) is 9.97 Å². The van der Waals surface area contributed by atoms with Crippen molar-refractivity contribution < 1.29 is 14.3 Å². The first-order valence-corrected chi connectivity index (χ1v) is 8.15. The lowest BCUT2D eigenvalue weighted by molar-refractivity contribution is -0.123. The summed E-state index contributed by atoms with van der Waals surface area (Å²) in [4.78, 5) is 21.0. The average molecular weight is 338 g/mol. The molecule has 3 heterocycles. The van der Waals surface area contributed by atoms with E-state index in [1.54, 1.807) is 6.20 Å². The Kier molecular flexibility index (Phi) is 4.30. The fraction of sp³-hybridized carbons (Fsp3) is 0.278. The highest BCUT2D eigenvalue weighted by Gasteiger charge is 2.25. The molecule has 0 bridgehead atoms. The van der Waals surface area contributed by atoms with Gasteiger partial charge in [0.2, 0.25) is 0 Å². The number of carbonyl (C=O) groups excluding carboxylic acids is 1. The summed E-state index contributed by atoms with van der Waals surface area (Å²) in [6.45, 7) is 1.38. The van der Waals surface area contributed by atoms with E-state index in [1.807, 2.05) is 42.5 Å². The van der Waals surface area contributed by atoms with E-state index in [-0.39, 0.29) is 18.6 Å². The minimum absolute atomic E-state index is 0.0205. The van der Waals surface area contributed by atoms with Crippen molar-refractivity contribution in [1.29, 1.82) is 0 Å². The third kappa shape index (κ3) is 3.32. The third-order valence-electron chi connectivity index (χ3n) is 4.08. The van der Waals surface area contributed by atoms with Gasteiger partial charge in [0.1, 0.15) is 23.7 Å². The number of pyridine rings is 1. The van der Waals surface area contributed by atoms with Gasteiger partial charge in [0, 0.05) is 12.7 Å². The first-order valence-electron chi connectivity index (χ1n) is 8.15. The predicted octanol–water partition coefficient (Wildman–Crippen LogP) is 1.70. The van der Waals surface area contributed by atoms with Gasteiger partial charge in [0.05, 0.1) is 12.6 Å². The van der Waals surface area contributed by atoms with Crippen molar-refractivity contribution in [3.8, 4) is 5.75 Å². The Morgan fingerprint density at radius 2 is 2.16 bits per heavy atom. The molecular weight excluding hydrogens is 320 g/mol. The summed E-state index contributed by atoms with van der Waals surface area (Å²) in [6, 6.07) is 13.0. The fourth-order valence-electron chi connectivity index (χ4n) is 2.92. The van der Waals surface area contributed by atoms with Crippen molar-refractivity contribution in [2.45, 2.75) is 12.6 Å². The van der Waals surface area contributed by atoms with Gasteiger partial charge in [0.25, 0.3) is 5.91 Å². The SMILES string of the molecule is O=C(COc1ccccc1)NC[C@H]1COCc2nc3cccnc3n21. The van der Waals surface area contributed by atoms with Gasteiger partial charge in [-0.3, -0.25) is 4.79 Å². The second kappa shape index (κ2) is 6.90. The minimum Gasteiger partial charge on any atom is -0.484 e. The topological polar surface area (TPSA) is 78.3 Å². The molecule has 7 nitrogen and oxygen atoms in total. The van der Waals surface area contributed by atoms with Crippen LogP contribution in [0.5, 0.6) is 5.75 Å². The molecule has 25 heavy (non-hydrogen) atoms. The fourth-order valence-corrected chi connectivity index (χ4v) is 2.92. The van der Waals surface area contributed by atoms with Crippen LogP contribution in [-0.2, 0) is 16.1 Å². The lowest BCUT2D eigenvalue weighted by atomic mass is 10.2. The monoisotopic (exact) mass is 338 g/mol. The van der Waals surface area contributed by atoms with Crippen molar-refractivity contribution in [2.75, 3.05) is 19.8 Å². The predicted molar refractivity (Wildman–Crippen MR) is 91.2 cm³/mol. The van der Waals surface area contributed by atoms with Crippen LogP contribution in [0.3, 0.4) is 0 Å². The molecule has 1 aromatic carbocycles. The van der Waals surface area contributed by atoms with Gasteiger partial charge >= 0.3 is 0 Å². The molecule has 0 aliphatic carbocycles. The maximum atomic E-state index is 12.1. The van der Waals surface area contributed by atoms with Crippen LogP contribution in [0.2, 0.25) is 0 Å². The molecule has 1 aliphatic rings.